The summed E-state index contributed by atoms with van der Waals surface area (Å²) >= 11 is 0. The maximum Gasteiger partial charge on any atom is 0.227 e. The number of hydrogen-bond acceptors (Lipinski definition) is 4. The summed E-state index contributed by atoms with van der Waals surface area (Å²) in [5.41, 5.74) is 8.94. The number of hydrogen-bond donors (Lipinski definition) is 2. The summed E-state index contributed by atoms with van der Waals surface area (Å²) in [7, 11) is 1.56. The molecule has 3 N–H and O–H groups in total. The lowest BCUT2D eigenvalue weighted by atomic mass is 10.1. The van der Waals surface area contributed by atoms with Gasteiger partial charge in [-0.15, -0.1) is 12.4 Å². The summed E-state index contributed by atoms with van der Waals surface area (Å²) < 4.78 is 5.41. The third-order valence-corrected chi connectivity index (χ3v) is 4.50. The molecular formula is C20H24ClN3O3. The van der Waals surface area contributed by atoms with Crippen LogP contribution in [0.1, 0.15) is 24.8 Å². The number of amides is 2. The molecule has 1 aliphatic rings. The second-order valence-corrected chi connectivity index (χ2v) is 6.28. The molecule has 1 aliphatic heterocycles. The lowest BCUT2D eigenvalue weighted by Gasteiger charge is -2.19. The molecule has 3 rings (SSSR count). The number of nitrogens with two attached hydrogens (primary N) is 1. The summed E-state index contributed by atoms with van der Waals surface area (Å²) in [6, 6.07) is 12.9. The van der Waals surface area contributed by atoms with Gasteiger partial charge in [0.1, 0.15) is 5.75 Å². The summed E-state index contributed by atoms with van der Waals surface area (Å²) in [5.74, 6) is 0.575. The summed E-state index contributed by atoms with van der Waals surface area (Å²) in [6.07, 6.45) is 2.33. The van der Waals surface area contributed by atoms with E-state index in [1.165, 1.54) is 0 Å². The number of aryl methyl sites for hydroxylation is 1. The number of benzene rings is 2. The fraction of sp³-hybridized carbons (Fsp3) is 0.300. The largest absolute Gasteiger partial charge is 0.494 e. The number of nitrogen functional groups attached to an aromatic ring is 1. The van der Waals surface area contributed by atoms with E-state index in [1.807, 2.05) is 30.3 Å². The molecule has 1 saturated heterocycles. The van der Waals surface area contributed by atoms with Crippen molar-refractivity contribution in [3.63, 3.8) is 0 Å². The van der Waals surface area contributed by atoms with Gasteiger partial charge in [0.2, 0.25) is 11.8 Å². The second-order valence-electron chi connectivity index (χ2n) is 6.28. The standard InChI is InChI=1S/C20H23N3O3.ClH/c1-26-18-13-15(9-10-17(18)23-12-4-7-20(23)25)22-19(24)11-8-14-5-2-3-6-16(14)21;/h2-3,5-6,9-10,13H,4,7-8,11-12,21H2,1H3,(H,22,24);1H. The number of nitrogens with zero attached hydrogens (tertiary/aromatic N) is 1. The molecule has 0 radical (unpaired) electrons. The van der Waals surface area contributed by atoms with Gasteiger partial charge in [-0.2, -0.15) is 0 Å². The highest BCUT2D eigenvalue weighted by atomic mass is 35.5. The Morgan fingerprint density at radius 1 is 1.26 bits per heavy atom. The molecule has 7 heteroatoms. The van der Waals surface area contributed by atoms with Crippen LogP contribution in [0.4, 0.5) is 17.1 Å². The van der Waals surface area contributed by atoms with Crippen molar-refractivity contribution in [2.24, 2.45) is 0 Å². The molecule has 0 spiro atoms. The van der Waals surface area contributed by atoms with Crippen LogP contribution in [0.5, 0.6) is 5.75 Å². The van der Waals surface area contributed by atoms with Crippen molar-refractivity contribution in [2.75, 3.05) is 29.6 Å². The number of carbonyl (C=O) groups excluding carboxylic acids is 2. The van der Waals surface area contributed by atoms with Gasteiger partial charge >= 0.3 is 0 Å². The van der Waals surface area contributed by atoms with Crippen LogP contribution < -0.4 is 20.7 Å². The van der Waals surface area contributed by atoms with Crippen LogP contribution in [-0.2, 0) is 16.0 Å². The minimum Gasteiger partial charge on any atom is -0.494 e. The molecule has 0 unspecified atom stereocenters. The van der Waals surface area contributed by atoms with Crippen molar-refractivity contribution in [3.8, 4) is 5.75 Å². The monoisotopic (exact) mass is 389 g/mol. The molecule has 2 aromatic carbocycles. The number of carbonyl (C=O) groups is 2. The molecule has 2 amide bonds. The number of anilines is 3. The Bertz CT molecular complexity index is 826. The van der Waals surface area contributed by atoms with Gasteiger partial charge in [-0.05, 0) is 36.6 Å². The first kappa shape index (κ1) is 20.6. The van der Waals surface area contributed by atoms with Gasteiger partial charge in [0, 0.05) is 36.8 Å². The molecule has 0 aliphatic carbocycles. The predicted molar refractivity (Wildman–Crippen MR) is 110 cm³/mol. The first-order valence-corrected chi connectivity index (χ1v) is 8.70. The number of rotatable bonds is 6. The smallest absolute Gasteiger partial charge is 0.227 e. The van der Waals surface area contributed by atoms with E-state index < -0.39 is 0 Å². The van der Waals surface area contributed by atoms with Gasteiger partial charge in [-0.3, -0.25) is 9.59 Å². The van der Waals surface area contributed by atoms with E-state index in [0.29, 0.717) is 42.9 Å². The van der Waals surface area contributed by atoms with Gasteiger partial charge in [-0.25, -0.2) is 0 Å². The van der Waals surface area contributed by atoms with Gasteiger partial charge < -0.3 is 20.7 Å². The van der Waals surface area contributed by atoms with Crippen LogP contribution >= 0.6 is 12.4 Å². The fourth-order valence-corrected chi connectivity index (χ4v) is 3.11. The van der Waals surface area contributed by atoms with Gasteiger partial charge in [0.05, 0.1) is 12.8 Å². The molecular weight excluding hydrogens is 366 g/mol. The Morgan fingerprint density at radius 3 is 2.70 bits per heavy atom. The highest BCUT2D eigenvalue weighted by Crippen LogP contribution is 2.33. The summed E-state index contributed by atoms with van der Waals surface area (Å²) in [6.45, 7) is 0.694. The first-order chi connectivity index (χ1) is 12.6. The Labute approximate surface area is 165 Å². The molecule has 0 saturated carbocycles. The van der Waals surface area contributed by atoms with Crippen LogP contribution in [0.3, 0.4) is 0 Å². The van der Waals surface area contributed by atoms with Crippen LogP contribution in [-0.4, -0.2) is 25.5 Å². The number of methoxy groups -OCH3 is 1. The Kier molecular flexibility index (Phi) is 7.07. The average molecular weight is 390 g/mol. The maximum atomic E-state index is 12.2. The third-order valence-electron chi connectivity index (χ3n) is 4.50. The third kappa shape index (κ3) is 4.92. The zero-order valence-corrected chi connectivity index (χ0v) is 16.1. The van der Waals surface area contributed by atoms with Crippen molar-refractivity contribution >= 4 is 41.3 Å². The van der Waals surface area contributed by atoms with Crippen molar-refractivity contribution in [1.82, 2.24) is 0 Å². The number of nitrogens with one attached hydrogen (secondary N) is 1. The first-order valence-electron chi connectivity index (χ1n) is 8.70. The van der Waals surface area contributed by atoms with Gasteiger partial charge in [0.25, 0.3) is 0 Å². The number of para-hydroxylation sites is 1. The molecule has 27 heavy (non-hydrogen) atoms. The molecule has 6 nitrogen and oxygen atoms in total. The lowest BCUT2D eigenvalue weighted by molar-refractivity contribution is -0.117. The van der Waals surface area contributed by atoms with Crippen LogP contribution in [0.15, 0.2) is 42.5 Å². The van der Waals surface area contributed by atoms with E-state index in [2.05, 4.69) is 5.32 Å². The molecule has 2 aromatic rings. The molecule has 144 valence electrons. The zero-order valence-electron chi connectivity index (χ0n) is 15.2. The average Bonchev–Trinajstić information content (AvgIpc) is 3.06. The highest BCUT2D eigenvalue weighted by Gasteiger charge is 2.24. The highest BCUT2D eigenvalue weighted by molar-refractivity contribution is 5.98. The minimum atomic E-state index is -0.0969. The van der Waals surface area contributed by atoms with E-state index in [0.717, 1.165) is 17.7 Å². The van der Waals surface area contributed by atoms with Crippen LogP contribution in [0, 0.1) is 0 Å². The van der Waals surface area contributed by atoms with E-state index in [1.54, 1.807) is 24.1 Å². The zero-order chi connectivity index (χ0) is 18.5. The minimum absolute atomic E-state index is 0. The maximum absolute atomic E-state index is 12.2. The van der Waals surface area contributed by atoms with E-state index in [4.69, 9.17) is 10.5 Å². The normalized spacial score (nSPS) is 13.2. The molecule has 0 atom stereocenters. The predicted octanol–water partition coefficient (Wildman–Crippen LogP) is 3.40. The molecule has 1 heterocycles. The molecule has 0 bridgehead atoms. The Hall–Kier alpha value is -2.73. The molecule has 0 aromatic heterocycles. The second kappa shape index (κ2) is 9.28. The van der Waals surface area contributed by atoms with Crippen LogP contribution in [0.25, 0.3) is 0 Å². The topological polar surface area (TPSA) is 84.7 Å². The van der Waals surface area contributed by atoms with Crippen molar-refractivity contribution in [3.05, 3.63) is 48.0 Å². The van der Waals surface area contributed by atoms with E-state index in [-0.39, 0.29) is 24.2 Å². The Balaban J connectivity index is 0.00000261. The number of ether oxygens (including phenoxy) is 1. The van der Waals surface area contributed by atoms with Crippen molar-refractivity contribution in [1.29, 1.82) is 0 Å². The fourth-order valence-electron chi connectivity index (χ4n) is 3.11. The van der Waals surface area contributed by atoms with Crippen LogP contribution in [0.2, 0.25) is 0 Å². The van der Waals surface area contributed by atoms with Crippen molar-refractivity contribution < 1.29 is 14.3 Å². The van der Waals surface area contributed by atoms with E-state index >= 15 is 0 Å². The quantitative estimate of drug-likeness (QED) is 0.741. The van der Waals surface area contributed by atoms with Crippen molar-refractivity contribution in [2.45, 2.75) is 25.7 Å². The van der Waals surface area contributed by atoms with Gasteiger partial charge in [0.15, 0.2) is 0 Å². The molecule has 1 fully saturated rings. The number of halogens is 1. The Morgan fingerprint density at radius 2 is 2.04 bits per heavy atom. The van der Waals surface area contributed by atoms with E-state index in [9.17, 15) is 9.59 Å². The van der Waals surface area contributed by atoms with Gasteiger partial charge in [-0.1, -0.05) is 18.2 Å². The lowest BCUT2D eigenvalue weighted by Crippen LogP contribution is -2.24. The SMILES string of the molecule is COc1cc(NC(=O)CCc2ccccc2N)ccc1N1CCCC1=O.Cl. The summed E-state index contributed by atoms with van der Waals surface area (Å²) in [5, 5.41) is 2.87. The summed E-state index contributed by atoms with van der Waals surface area (Å²) in [4.78, 5) is 25.9.